The fourth-order valence-corrected chi connectivity index (χ4v) is 1.41. The number of nitrogens with zero attached hydrogens (tertiary/aromatic N) is 1. The standard InChI is InChI=1S/C11H12N2O/c1-8-3-2-4-9(5-12)11(8)14-10-6-13-7-10/h2-4,10,13H,6-7H2,1H3. The summed E-state index contributed by atoms with van der Waals surface area (Å²) in [6, 6.07) is 7.77. The Labute approximate surface area is 83.3 Å². The average molecular weight is 188 g/mol. The molecule has 0 bridgehead atoms. The normalized spacial score (nSPS) is 15.7. The second-order valence-electron chi connectivity index (χ2n) is 3.46. The summed E-state index contributed by atoms with van der Waals surface area (Å²) in [7, 11) is 0. The summed E-state index contributed by atoms with van der Waals surface area (Å²) in [4.78, 5) is 0. The topological polar surface area (TPSA) is 45.0 Å². The van der Waals surface area contributed by atoms with Crippen LogP contribution in [0.25, 0.3) is 0 Å². The first-order valence-electron chi connectivity index (χ1n) is 4.68. The van der Waals surface area contributed by atoms with Gasteiger partial charge in [0.15, 0.2) is 0 Å². The van der Waals surface area contributed by atoms with E-state index in [0.717, 1.165) is 24.4 Å². The molecule has 72 valence electrons. The molecule has 1 N–H and O–H groups in total. The maximum absolute atomic E-state index is 8.90. The lowest BCUT2D eigenvalue weighted by molar-refractivity contribution is 0.141. The van der Waals surface area contributed by atoms with E-state index in [1.165, 1.54) is 0 Å². The maximum Gasteiger partial charge on any atom is 0.140 e. The van der Waals surface area contributed by atoms with E-state index in [1.54, 1.807) is 6.07 Å². The van der Waals surface area contributed by atoms with Crippen molar-refractivity contribution in [3.05, 3.63) is 29.3 Å². The van der Waals surface area contributed by atoms with Crippen molar-refractivity contribution in [3.8, 4) is 11.8 Å². The van der Waals surface area contributed by atoms with E-state index < -0.39 is 0 Å². The summed E-state index contributed by atoms with van der Waals surface area (Å²) in [5, 5.41) is 12.0. The minimum atomic E-state index is 0.225. The van der Waals surface area contributed by atoms with E-state index in [9.17, 15) is 0 Å². The second kappa shape index (κ2) is 3.69. The van der Waals surface area contributed by atoms with Gasteiger partial charge in [0.05, 0.1) is 5.56 Å². The minimum absolute atomic E-state index is 0.225. The van der Waals surface area contributed by atoms with E-state index in [-0.39, 0.29) is 6.10 Å². The lowest BCUT2D eigenvalue weighted by Crippen LogP contribution is -2.50. The maximum atomic E-state index is 8.90. The van der Waals surface area contributed by atoms with Crippen LogP contribution in [0, 0.1) is 18.3 Å². The SMILES string of the molecule is Cc1cccc(C#N)c1OC1CNC1. The van der Waals surface area contributed by atoms with Gasteiger partial charge in [-0.15, -0.1) is 0 Å². The highest BCUT2D eigenvalue weighted by molar-refractivity contribution is 5.48. The molecule has 0 radical (unpaired) electrons. The van der Waals surface area contributed by atoms with Crippen LogP contribution in [0.15, 0.2) is 18.2 Å². The van der Waals surface area contributed by atoms with Gasteiger partial charge < -0.3 is 10.1 Å². The molecule has 3 nitrogen and oxygen atoms in total. The van der Waals surface area contributed by atoms with Crippen molar-refractivity contribution in [2.45, 2.75) is 13.0 Å². The van der Waals surface area contributed by atoms with Crippen LogP contribution in [0.3, 0.4) is 0 Å². The summed E-state index contributed by atoms with van der Waals surface area (Å²) in [5.41, 5.74) is 1.65. The van der Waals surface area contributed by atoms with Crippen molar-refractivity contribution < 1.29 is 4.74 Å². The smallest absolute Gasteiger partial charge is 0.140 e. The number of aryl methyl sites for hydroxylation is 1. The van der Waals surface area contributed by atoms with Crippen LogP contribution < -0.4 is 10.1 Å². The van der Waals surface area contributed by atoms with Crippen LogP contribution in [-0.4, -0.2) is 19.2 Å². The first-order valence-corrected chi connectivity index (χ1v) is 4.68. The predicted octanol–water partition coefficient (Wildman–Crippen LogP) is 1.22. The highest BCUT2D eigenvalue weighted by Crippen LogP contribution is 2.24. The third kappa shape index (κ3) is 1.57. The lowest BCUT2D eigenvalue weighted by atomic mass is 10.1. The summed E-state index contributed by atoms with van der Waals surface area (Å²) in [6.07, 6.45) is 0.225. The Morgan fingerprint density at radius 2 is 2.29 bits per heavy atom. The van der Waals surface area contributed by atoms with E-state index in [0.29, 0.717) is 5.56 Å². The number of hydrogen-bond donors (Lipinski definition) is 1. The number of hydrogen-bond acceptors (Lipinski definition) is 3. The number of para-hydroxylation sites is 1. The van der Waals surface area contributed by atoms with Crippen LogP contribution in [0.4, 0.5) is 0 Å². The molecule has 1 fully saturated rings. The number of nitriles is 1. The Hall–Kier alpha value is -1.53. The van der Waals surface area contributed by atoms with Crippen molar-refractivity contribution >= 4 is 0 Å². The van der Waals surface area contributed by atoms with Crippen molar-refractivity contribution in [2.75, 3.05) is 13.1 Å². The largest absolute Gasteiger partial charge is 0.486 e. The molecule has 0 spiro atoms. The average Bonchev–Trinajstić information content (AvgIpc) is 2.12. The van der Waals surface area contributed by atoms with E-state index in [4.69, 9.17) is 10.00 Å². The molecule has 0 unspecified atom stereocenters. The van der Waals surface area contributed by atoms with Gasteiger partial charge in [0.1, 0.15) is 17.9 Å². The van der Waals surface area contributed by atoms with Gasteiger partial charge in [-0.05, 0) is 18.6 Å². The Kier molecular flexibility index (Phi) is 2.38. The Balaban J connectivity index is 2.25. The molecule has 3 heteroatoms. The number of nitrogens with one attached hydrogen (secondary N) is 1. The van der Waals surface area contributed by atoms with Crippen LogP contribution in [0.5, 0.6) is 5.75 Å². The third-order valence-electron chi connectivity index (χ3n) is 2.36. The Morgan fingerprint density at radius 3 is 2.86 bits per heavy atom. The number of benzene rings is 1. The van der Waals surface area contributed by atoms with Gasteiger partial charge in [0.2, 0.25) is 0 Å². The quantitative estimate of drug-likeness (QED) is 0.759. The first-order chi connectivity index (χ1) is 6.81. The summed E-state index contributed by atoms with van der Waals surface area (Å²) >= 11 is 0. The Morgan fingerprint density at radius 1 is 1.50 bits per heavy atom. The van der Waals surface area contributed by atoms with Crippen LogP contribution in [0.2, 0.25) is 0 Å². The highest BCUT2D eigenvalue weighted by atomic mass is 16.5. The molecule has 1 aromatic rings. The fourth-order valence-electron chi connectivity index (χ4n) is 1.41. The molecule has 1 aliphatic rings. The van der Waals surface area contributed by atoms with Crippen LogP contribution >= 0.6 is 0 Å². The van der Waals surface area contributed by atoms with E-state index in [1.807, 2.05) is 19.1 Å². The summed E-state index contributed by atoms with van der Waals surface area (Å²) in [6.45, 7) is 3.71. The summed E-state index contributed by atoms with van der Waals surface area (Å²) in [5.74, 6) is 0.738. The lowest BCUT2D eigenvalue weighted by Gasteiger charge is -2.28. The molecule has 0 aromatic heterocycles. The first kappa shape index (κ1) is 9.04. The monoisotopic (exact) mass is 188 g/mol. The van der Waals surface area contributed by atoms with Gasteiger partial charge in [-0.3, -0.25) is 0 Å². The molecule has 1 saturated heterocycles. The van der Waals surface area contributed by atoms with Crippen molar-refractivity contribution in [2.24, 2.45) is 0 Å². The van der Waals surface area contributed by atoms with Crippen molar-refractivity contribution in [3.63, 3.8) is 0 Å². The van der Waals surface area contributed by atoms with Crippen molar-refractivity contribution in [1.82, 2.24) is 5.32 Å². The van der Waals surface area contributed by atoms with E-state index in [2.05, 4.69) is 11.4 Å². The molecule has 0 aliphatic carbocycles. The molecule has 1 aromatic carbocycles. The molecule has 2 rings (SSSR count). The van der Waals surface area contributed by atoms with Crippen LogP contribution in [0.1, 0.15) is 11.1 Å². The summed E-state index contributed by atoms with van der Waals surface area (Å²) < 4.78 is 5.72. The van der Waals surface area contributed by atoms with Gasteiger partial charge in [-0.2, -0.15) is 5.26 Å². The van der Waals surface area contributed by atoms with Gasteiger partial charge in [-0.1, -0.05) is 12.1 Å². The van der Waals surface area contributed by atoms with Crippen LogP contribution in [-0.2, 0) is 0 Å². The number of rotatable bonds is 2. The molecule has 14 heavy (non-hydrogen) atoms. The highest BCUT2D eigenvalue weighted by Gasteiger charge is 2.20. The van der Waals surface area contributed by atoms with Gasteiger partial charge in [0, 0.05) is 13.1 Å². The number of ether oxygens (including phenoxy) is 1. The van der Waals surface area contributed by atoms with Gasteiger partial charge in [-0.25, -0.2) is 0 Å². The fraction of sp³-hybridized carbons (Fsp3) is 0.364. The van der Waals surface area contributed by atoms with Crippen molar-refractivity contribution in [1.29, 1.82) is 5.26 Å². The molecule has 0 amide bonds. The van der Waals surface area contributed by atoms with Gasteiger partial charge >= 0.3 is 0 Å². The molecule has 0 atom stereocenters. The molecule has 1 aliphatic heterocycles. The zero-order chi connectivity index (χ0) is 9.97. The third-order valence-corrected chi connectivity index (χ3v) is 2.36. The zero-order valence-corrected chi connectivity index (χ0v) is 8.08. The second-order valence-corrected chi connectivity index (χ2v) is 3.46. The van der Waals surface area contributed by atoms with E-state index >= 15 is 0 Å². The van der Waals surface area contributed by atoms with Gasteiger partial charge in [0.25, 0.3) is 0 Å². The Bertz CT molecular complexity index is 377. The molecule has 0 saturated carbocycles. The molecular weight excluding hydrogens is 176 g/mol. The minimum Gasteiger partial charge on any atom is -0.486 e. The molecular formula is C11H12N2O. The molecule has 1 heterocycles. The predicted molar refractivity (Wildman–Crippen MR) is 53.2 cm³/mol. The zero-order valence-electron chi connectivity index (χ0n) is 8.08.